The molecule has 0 atom stereocenters. The van der Waals surface area contributed by atoms with Gasteiger partial charge in [0.25, 0.3) is 0 Å². The molecule has 0 N–H and O–H groups in total. The molecule has 2 aromatic rings. The SMILES string of the molecule is CCOc1cc(-c2cc(OC)ncn2)sc1CCl. The topological polar surface area (TPSA) is 44.2 Å². The van der Waals surface area contributed by atoms with Gasteiger partial charge in [-0.2, -0.15) is 0 Å². The molecule has 0 aliphatic carbocycles. The highest BCUT2D eigenvalue weighted by Gasteiger charge is 2.12. The molecule has 4 nitrogen and oxygen atoms in total. The number of hydrogen-bond acceptors (Lipinski definition) is 5. The Morgan fingerprint density at radius 1 is 1.33 bits per heavy atom. The quantitative estimate of drug-likeness (QED) is 0.790. The van der Waals surface area contributed by atoms with Crippen molar-refractivity contribution in [1.29, 1.82) is 0 Å². The molecular weight excluding hydrogens is 272 g/mol. The summed E-state index contributed by atoms with van der Waals surface area (Å²) < 4.78 is 10.6. The largest absolute Gasteiger partial charge is 0.493 e. The maximum absolute atomic E-state index is 5.90. The fourth-order valence-electron chi connectivity index (χ4n) is 1.49. The molecule has 2 aromatic heterocycles. The third kappa shape index (κ3) is 2.73. The smallest absolute Gasteiger partial charge is 0.216 e. The Kier molecular flexibility index (Phi) is 4.38. The minimum absolute atomic E-state index is 0.433. The molecule has 0 unspecified atom stereocenters. The molecule has 0 fully saturated rings. The van der Waals surface area contributed by atoms with E-state index in [2.05, 4.69) is 9.97 Å². The number of thiophene rings is 1. The molecule has 2 heterocycles. The van der Waals surface area contributed by atoms with Crippen LogP contribution in [0.3, 0.4) is 0 Å². The van der Waals surface area contributed by atoms with Crippen LogP contribution in [0.5, 0.6) is 11.6 Å². The lowest BCUT2D eigenvalue weighted by atomic mass is 10.3. The Bertz CT molecular complexity index is 531. The highest BCUT2D eigenvalue weighted by Crippen LogP contribution is 2.36. The normalized spacial score (nSPS) is 10.4. The molecule has 0 aliphatic rings. The first-order valence-corrected chi connectivity index (χ1v) is 6.81. The third-order valence-corrected chi connectivity index (χ3v) is 3.86. The predicted molar refractivity (Wildman–Crippen MR) is 72.6 cm³/mol. The van der Waals surface area contributed by atoms with Crippen molar-refractivity contribution in [3.63, 3.8) is 0 Å². The van der Waals surface area contributed by atoms with Gasteiger partial charge in [-0.3, -0.25) is 0 Å². The van der Waals surface area contributed by atoms with Gasteiger partial charge < -0.3 is 9.47 Å². The van der Waals surface area contributed by atoms with E-state index in [9.17, 15) is 0 Å². The first-order valence-electron chi connectivity index (χ1n) is 5.46. The number of aromatic nitrogens is 2. The molecule has 0 saturated heterocycles. The maximum atomic E-state index is 5.90. The summed E-state index contributed by atoms with van der Waals surface area (Å²) in [4.78, 5) is 10.2. The van der Waals surface area contributed by atoms with E-state index >= 15 is 0 Å². The van der Waals surface area contributed by atoms with E-state index in [1.807, 2.05) is 13.0 Å². The third-order valence-electron chi connectivity index (χ3n) is 2.29. The summed E-state index contributed by atoms with van der Waals surface area (Å²) in [6.45, 7) is 2.57. The maximum Gasteiger partial charge on any atom is 0.216 e. The van der Waals surface area contributed by atoms with Crippen molar-refractivity contribution < 1.29 is 9.47 Å². The lowest BCUT2D eigenvalue weighted by molar-refractivity contribution is 0.339. The number of hydrogen-bond donors (Lipinski definition) is 0. The van der Waals surface area contributed by atoms with Gasteiger partial charge in [0.1, 0.15) is 12.1 Å². The lowest BCUT2D eigenvalue weighted by Crippen LogP contribution is -1.91. The molecule has 6 heteroatoms. The standard InChI is InChI=1S/C12H13ClN2O2S/c1-3-17-9-5-10(18-11(9)6-13)8-4-12(16-2)15-7-14-8/h4-5,7H,3,6H2,1-2H3. The molecule has 0 bridgehead atoms. The van der Waals surface area contributed by atoms with E-state index in [0.717, 1.165) is 21.2 Å². The zero-order valence-corrected chi connectivity index (χ0v) is 11.7. The summed E-state index contributed by atoms with van der Waals surface area (Å²) in [5.41, 5.74) is 0.809. The number of rotatable bonds is 5. The van der Waals surface area contributed by atoms with Crippen molar-refractivity contribution in [2.24, 2.45) is 0 Å². The summed E-state index contributed by atoms with van der Waals surface area (Å²) in [6.07, 6.45) is 1.48. The molecule has 0 aromatic carbocycles. The Labute approximate surface area is 115 Å². The van der Waals surface area contributed by atoms with Crippen LogP contribution in [0.4, 0.5) is 0 Å². The van der Waals surface area contributed by atoms with Crippen molar-refractivity contribution in [1.82, 2.24) is 9.97 Å². The molecule has 2 rings (SSSR count). The number of methoxy groups -OCH3 is 1. The van der Waals surface area contributed by atoms with Crippen molar-refractivity contribution in [3.8, 4) is 22.2 Å². The highest BCUT2D eigenvalue weighted by molar-refractivity contribution is 7.16. The van der Waals surface area contributed by atoms with E-state index < -0.39 is 0 Å². The summed E-state index contributed by atoms with van der Waals surface area (Å²) in [6, 6.07) is 3.74. The van der Waals surface area contributed by atoms with Crippen molar-refractivity contribution >= 4 is 22.9 Å². The van der Waals surface area contributed by atoms with Gasteiger partial charge in [-0.05, 0) is 6.92 Å². The van der Waals surface area contributed by atoms with E-state index in [1.54, 1.807) is 24.5 Å². The second-order valence-electron chi connectivity index (χ2n) is 3.41. The van der Waals surface area contributed by atoms with Gasteiger partial charge in [0.2, 0.25) is 5.88 Å². The van der Waals surface area contributed by atoms with Crippen LogP contribution in [0.25, 0.3) is 10.6 Å². The second kappa shape index (κ2) is 6.02. The highest BCUT2D eigenvalue weighted by atomic mass is 35.5. The fourth-order valence-corrected chi connectivity index (χ4v) is 2.71. The minimum Gasteiger partial charge on any atom is -0.493 e. The Balaban J connectivity index is 2.37. The molecule has 96 valence electrons. The monoisotopic (exact) mass is 284 g/mol. The zero-order chi connectivity index (χ0) is 13.0. The van der Waals surface area contributed by atoms with E-state index in [4.69, 9.17) is 21.1 Å². The zero-order valence-electron chi connectivity index (χ0n) is 10.1. The van der Waals surface area contributed by atoms with Crippen LogP contribution in [0.15, 0.2) is 18.5 Å². The van der Waals surface area contributed by atoms with Crippen LogP contribution < -0.4 is 9.47 Å². The minimum atomic E-state index is 0.433. The Morgan fingerprint density at radius 3 is 2.83 bits per heavy atom. The number of nitrogens with zero attached hydrogens (tertiary/aromatic N) is 2. The average Bonchev–Trinajstić information content (AvgIpc) is 2.82. The molecular formula is C12H13ClN2O2S. The predicted octanol–water partition coefficient (Wildman–Crippen LogP) is 3.35. The molecule has 0 amide bonds. The van der Waals surface area contributed by atoms with Crippen molar-refractivity contribution in [2.45, 2.75) is 12.8 Å². The summed E-state index contributed by atoms with van der Waals surface area (Å²) in [5.74, 6) is 1.80. The van der Waals surface area contributed by atoms with Crippen molar-refractivity contribution in [3.05, 3.63) is 23.3 Å². The van der Waals surface area contributed by atoms with Crippen LogP contribution in [0, 0.1) is 0 Å². The summed E-state index contributed by atoms with van der Waals surface area (Å²) in [5, 5.41) is 0. The van der Waals surface area contributed by atoms with Crippen LogP contribution in [0.1, 0.15) is 11.8 Å². The number of halogens is 1. The van der Waals surface area contributed by atoms with Gasteiger partial charge in [0.05, 0.1) is 35.0 Å². The first kappa shape index (κ1) is 13.1. The molecule has 18 heavy (non-hydrogen) atoms. The lowest BCUT2D eigenvalue weighted by Gasteiger charge is -2.00. The molecule has 0 radical (unpaired) electrons. The average molecular weight is 285 g/mol. The molecule has 0 saturated carbocycles. The Morgan fingerprint density at radius 2 is 2.17 bits per heavy atom. The van der Waals surface area contributed by atoms with Crippen LogP contribution in [-0.2, 0) is 5.88 Å². The van der Waals surface area contributed by atoms with E-state index in [1.165, 1.54) is 6.33 Å². The van der Waals surface area contributed by atoms with E-state index in [0.29, 0.717) is 18.4 Å². The first-order chi connectivity index (χ1) is 8.78. The Hall–Kier alpha value is -1.33. The fraction of sp³-hybridized carbons (Fsp3) is 0.333. The summed E-state index contributed by atoms with van der Waals surface area (Å²) in [7, 11) is 1.58. The molecule has 0 spiro atoms. The second-order valence-corrected chi connectivity index (χ2v) is 4.81. The van der Waals surface area contributed by atoms with Crippen LogP contribution in [-0.4, -0.2) is 23.7 Å². The van der Waals surface area contributed by atoms with Gasteiger partial charge in [-0.1, -0.05) is 0 Å². The molecule has 0 aliphatic heterocycles. The van der Waals surface area contributed by atoms with Gasteiger partial charge in [-0.15, -0.1) is 22.9 Å². The summed E-state index contributed by atoms with van der Waals surface area (Å²) >= 11 is 7.47. The number of ether oxygens (including phenoxy) is 2. The van der Waals surface area contributed by atoms with Gasteiger partial charge in [0, 0.05) is 12.1 Å². The number of alkyl halides is 1. The van der Waals surface area contributed by atoms with Gasteiger partial charge >= 0.3 is 0 Å². The van der Waals surface area contributed by atoms with Crippen LogP contribution >= 0.6 is 22.9 Å². The van der Waals surface area contributed by atoms with E-state index in [-0.39, 0.29) is 0 Å². The van der Waals surface area contributed by atoms with Gasteiger partial charge in [0.15, 0.2) is 0 Å². The van der Waals surface area contributed by atoms with Crippen LogP contribution in [0.2, 0.25) is 0 Å². The van der Waals surface area contributed by atoms with Gasteiger partial charge in [-0.25, -0.2) is 9.97 Å². The van der Waals surface area contributed by atoms with Crippen molar-refractivity contribution in [2.75, 3.05) is 13.7 Å².